The molecule has 3 heteroatoms. The molecule has 0 radical (unpaired) electrons. The van der Waals surface area contributed by atoms with Gasteiger partial charge in [0.05, 0.1) is 5.52 Å². The van der Waals surface area contributed by atoms with Gasteiger partial charge in [0.25, 0.3) is 0 Å². The molecule has 0 aliphatic rings. The summed E-state index contributed by atoms with van der Waals surface area (Å²) >= 11 is 0. The average Bonchev–Trinajstić information content (AvgIpc) is 2.63. The Morgan fingerprint density at radius 3 is 2.04 bits per heavy atom. The smallest absolute Gasteiger partial charge is 0.146 e. The Balaban J connectivity index is 2.14. The molecule has 1 heterocycles. The molecule has 23 heavy (non-hydrogen) atoms. The van der Waals surface area contributed by atoms with E-state index in [1.807, 2.05) is 89.5 Å². The molecule has 1 N–H and O–H groups in total. The topological polar surface area (TPSA) is 41.7 Å². The lowest BCUT2D eigenvalue weighted by molar-refractivity contribution is 0.922. The Kier molecular flexibility index (Phi) is 3.24. The number of hydrogen-bond acceptors (Lipinski definition) is 2. The zero-order valence-electron chi connectivity index (χ0n) is 12.5. The largest absolute Gasteiger partial charge is 0.283 e. The predicted molar refractivity (Wildman–Crippen MR) is 92.4 cm³/mol. The molecular formula is C20H15N3. The molecule has 0 aliphatic heterocycles. The maximum absolute atomic E-state index is 8.69. The number of nitrogens with zero attached hydrogens (tertiary/aromatic N) is 2. The van der Waals surface area contributed by atoms with E-state index in [1.54, 1.807) is 0 Å². The number of aromatic nitrogens is 2. The minimum absolute atomic E-state index is 0.445. The van der Waals surface area contributed by atoms with Crippen LogP contribution in [0.15, 0.2) is 84.9 Å². The Labute approximate surface area is 134 Å². The van der Waals surface area contributed by atoms with Crippen LogP contribution in [0.1, 0.15) is 0 Å². The number of benzene rings is 3. The number of para-hydroxylation sites is 2. The van der Waals surface area contributed by atoms with Crippen LogP contribution in [0.3, 0.4) is 0 Å². The van der Waals surface area contributed by atoms with Crippen LogP contribution in [0.5, 0.6) is 0 Å². The first kappa shape index (κ1) is 13.5. The lowest BCUT2D eigenvalue weighted by Gasteiger charge is -2.15. The van der Waals surface area contributed by atoms with Gasteiger partial charge in [0.1, 0.15) is 11.3 Å². The summed E-state index contributed by atoms with van der Waals surface area (Å²) in [5.74, 6) is 0.778. The first-order valence-electron chi connectivity index (χ1n) is 7.52. The van der Waals surface area contributed by atoms with Crippen molar-refractivity contribution in [3.05, 3.63) is 90.4 Å². The number of nitrogens with one attached hydrogen (secondary N) is 1. The van der Waals surface area contributed by atoms with Crippen molar-refractivity contribution in [1.82, 2.24) is 9.55 Å². The molecule has 4 rings (SSSR count). The van der Waals surface area contributed by atoms with Crippen LogP contribution in [0, 0.1) is 5.41 Å². The van der Waals surface area contributed by atoms with Crippen molar-refractivity contribution in [2.24, 2.45) is 0 Å². The molecule has 0 saturated heterocycles. The summed E-state index contributed by atoms with van der Waals surface area (Å²) in [4.78, 5) is 4.83. The second-order valence-corrected chi connectivity index (χ2v) is 5.34. The van der Waals surface area contributed by atoms with Gasteiger partial charge in [0.2, 0.25) is 0 Å². The van der Waals surface area contributed by atoms with Crippen LogP contribution in [0.4, 0.5) is 0 Å². The molecule has 0 atom stereocenters. The lowest BCUT2D eigenvalue weighted by Crippen LogP contribution is -2.22. The van der Waals surface area contributed by atoms with E-state index in [-0.39, 0.29) is 0 Å². The molecular weight excluding hydrogens is 282 g/mol. The van der Waals surface area contributed by atoms with Crippen LogP contribution in [-0.4, -0.2) is 9.55 Å². The maximum atomic E-state index is 8.69. The van der Waals surface area contributed by atoms with Gasteiger partial charge in [-0.25, -0.2) is 4.98 Å². The first-order valence-corrected chi connectivity index (χ1v) is 7.52. The van der Waals surface area contributed by atoms with Crippen molar-refractivity contribution in [3.8, 4) is 17.1 Å². The number of rotatable bonds is 2. The number of hydrogen-bond donors (Lipinski definition) is 1. The van der Waals surface area contributed by atoms with Crippen molar-refractivity contribution >= 4 is 10.9 Å². The average molecular weight is 297 g/mol. The Bertz CT molecular complexity index is 1020. The van der Waals surface area contributed by atoms with Gasteiger partial charge in [-0.15, -0.1) is 0 Å². The standard InChI is InChI=1S/C20H15N3/c21-19-17-13-7-8-14-18(17)22-20(15-9-3-1-4-10-15)23(19)16-11-5-2-6-12-16/h1-14,21H. The summed E-state index contributed by atoms with van der Waals surface area (Å²) in [6.07, 6.45) is 0. The maximum Gasteiger partial charge on any atom is 0.146 e. The van der Waals surface area contributed by atoms with E-state index in [1.165, 1.54) is 0 Å². The third kappa shape index (κ3) is 2.32. The highest BCUT2D eigenvalue weighted by Gasteiger charge is 2.11. The number of fused-ring (bicyclic) bond motifs is 1. The highest BCUT2D eigenvalue weighted by Crippen LogP contribution is 2.21. The van der Waals surface area contributed by atoms with Gasteiger partial charge in [0.15, 0.2) is 0 Å². The fraction of sp³-hybridized carbons (Fsp3) is 0. The quantitative estimate of drug-likeness (QED) is 0.592. The van der Waals surface area contributed by atoms with Gasteiger partial charge in [-0.3, -0.25) is 9.98 Å². The Hall–Kier alpha value is -3.20. The third-order valence-corrected chi connectivity index (χ3v) is 3.87. The molecule has 3 nitrogen and oxygen atoms in total. The first-order chi connectivity index (χ1) is 11.3. The zero-order valence-corrected chi connectivity index (χ0v) is 12.5. The molecule has 4 aromatic rings. The summed E-state index contributed by atoms with van der Waals surface area (Å²) in [5.41, 5.74) is 3.22. The monoisotopic (exact) mass is 297 g/mol. The second kappa shape index (κ2) is 5.54. The van der Waals surface area contributed by atoms with Gasteiger partial charge in [-0.1, -0.05) is 60.7 Å². The fourth-order valence-corrected chi connectivity index (χ4v) is 2.77. The summed E-state index contributed by atoms with van der Waals surface area (Å²) in [7, 11) is 0. The fourth-order valence-electron chi connectivity index (χ4n) is 2.77. The van der Waals surface area contributed by atoms with E-state index >= 15 is 0 Å². The molecule has 0 bridgehead atoms. The molecule has 0 spiro atoms. The van der Waals surface area contributed by atoms with Crippen LogP contribution >= 0.6 is 0 Å². The molecule has 0 fully saturated rings. The molecule has 1 aromatic heterocycles. The molecule has 0 unspecified atom stereocenters. The second-order valence-electron chi connectivity index (χ2n) is 5.34. The third-order valence-electron chi connectivity index (χ3n) is 3.87. The summed E-state index contributed by atoms with van der Waals surface area (Å²) < 4.78 is 1.90. The zero-order chi connectivity index (χ0) is 15.6. The van der Waals surface area contributed by atoms with Crippen LogP contribution in [0.25, 0.3) is 28.0 Å². The van der Waals surface area contributed by atoms with Gasteiger partial charge < -0.3 is 0 Å². The van der Waals surface area contributed by atoms with Crippen molar-refractivity contribution < 1.29 is 0 Å². The van der Waals surface area contributed by atoms with Crippen molar-refractivity contribution in [2.45, 2.75) is 0 Å². The van der Waals surface area contributed by atoms with E-state index < -0.39 is 0 Å². The molecule has 3 aromatic carbocycles. The molecule has 0 aliphatic carbocycles. The summed E-state index contributed by atoms with van der Waals surface area (Å²) in [5, 5.41) is 9.53. The minimum atomic E-state index is 0.445. The van der Waals surface area contributed by atoms with Crippen molar-refractivity contribution in [1.29, 1.82) is 5.41 Å². The van der Waals surface area contributed by atoms with Crippen LogP contribution in [-0.2, 0) is 0 Å². The summed E-state index contributed by atoms with van der Waals surface area (Å²) in [6, 6.07) is 27.7. The van der Waals surface area contributed by atoms with Gasteiger partial charge in [-0.2, -0.15) is 0 Å². The van der Waals surface area contributed by atoms with E-state index in [0.717, 1.165) is 28.0 Å². The van der Waals surface area contributed by atoms with E-state index in [2.05, 4.69) is 0 Å². The van der Waals surface area contributed by atoms with Crippen molar-refractivity contribution in [2.75, 3.05) is 0 Å². The predicted octanol–water partition coefficient (Wildman–Crippen LogP) is 4.17. The van der Waals surface area contributed by atoms with Gasteiger partial charge in [0, 0.05) is 16.6 Å². The Morgan fingerprint density at radius 1 is 0.696 bits per heavy atom. The van der Waals surface area contributed by atoms with E-state index in [0.29, 0.717) is 5.49 Å². The van der Waals surface area contributed by atoms with E-state index in [9.17, 15) is 0 Å². The lowest BCUT2D eigenvalue weighted by atomic mass is 10.1. The molecule has 0 amide bonds. The van der Waals surface area contributed by atoms with E-state index in [4.69, 9.17) is 10.4 Å². The Morgan fingerprint density at radius 2 is 1.30 bits per heavy atom. The van der Waals surface area contributed by atoms with Crippen LogP contribution < -0.4 is 5.49 Å². The molecule has 0 saturated carbocycles. The van der Waals surface area contributed by atoms with Crippen molar-refractivity contribution in [3.63, 3.8) is 0 Å². The summed E-state index contributed by atoms with van der Waals surface area (Å²) in [6.45, 7) is 0. The van der Waals surface area contributed by atoms with Gasteiger partial charge >= 0.3 is 0 Å². The SMILES string of the molecule is N=c1c2ccccc2nc(-c2ccccc2)n1-c1ccccc1. The van der Waals surface area contributed by atoms with Gasteiger partial charge in [-0.05, 0) is 24.3 Å². The molecule has 110 valence electrons. The minimum Gasteiger partial charge on any atom is -0.283 e. The highest BCUT2D eigenvalue weighted by molar-refractivity contribution is 5.80. The normalized spacial score (nSPS) is 10.8. The van der Waals surface area contributed by atoms with Crippen LogP contribution in [0.2, 0.25) is 0 Å². The highest BCUT2D eigenvalue weighted by atomic mass is 15.1.